The van der Waals surface area contributed by atoms with Crippen LogP contribution in [0.25, 0.3) is 21.5 Å². The lowest BCUT2D eigenvalue weighted by Crippen LogP contribution is -2.54. The van der Waals surface area contributed by atoms with E-state index in [1.807, 2.05) is 143 Å². The van der Waals surface area contributed by atoms with Crippen LogP contribution in [0.5, 0.6) is 0 Å². The second-order valence-electron chi connectivity index (χ2n) is 15.3. The van der Waals surface area contributed by atoms with E-state index in [9.17, 15) is 0 Å². The fourth-order valence-corrected chi connectivity index (χ4v) is 8.56. The molecule has 2 nitrogen and oxygen atoms in total. The number of alkyl halides is 6. The Balaban J connectivity index is 1.25. The first-order chi connectivity index (χ1) is 29.4. The molecule has 0 radical (unpaired) electrons. The van der Waals surface area contributed by atoms with Crippen molar-refractivity contribution >= 4 is 55.7 Å². The van der Waals surface area contributed by atoms with Crippen molar-refractivity contribution in [3.8, 4) is 0 Å². The number of rotatable bonds is 12. The highest BCUT2D eigenvalue weighted by Gasteiger charge is 2.72. The van der Waals surface area contributed by atoms with Crippen LogP contribution in [-0.4, -0.2) is 12.4 Å². The number of nitrogens with zero attached hydrogens (tertiary/aromatic N) is 2. The molecule has 0 aliphatic carbocycles. The van der Waals surface area contributed by atoms with Crippen LogP contribution in [0.15, 0.2) is 182 Å². The van der Waals surface area contributed by atoms with Crippen LogP contribution in [0.1, 0.15) is 48.9 Å². The van der Waals surface area contributed by atoms with Crippen molar-refractivity contribution in [3.05, 3.63) is 204 Å². The van der Waals surface area contributed by atoms with Crippen LogP contribution in [0.4, 0.5) is 60.5 Å². The number of benzene rings is 8. The minimum absolute atomic E-state index is 0.410. The van der Waals surface area contributed by atoms with Gasteiger partial charge in [-0.05, 0) is 107 Å². The van der Waals surface area contributed by atoms with Crippen LogP contribution in [0.3, 0.4) is 0 Å². The Bertz CT molecular complexity index is 2540. The Hall–Kier alpha value is -6.54. The summed E-state index contributed by atoms with van der Waals surface area (Å²) in [7, 11) is 0. The monoisotopic (exact) mass is 822 g/mol. The maximum Gasteiger partial charge on any atom is 0.411 e. The van der Waals surface area contributed by atoms with E-state index in [-0.39, 0.29) is 0 Å². The predicted octanol–water partition coefficient (Wildman–Crippen LogP) is 16.2. The third-order valence-electron chi connectivity index (χ3n) is 11.4. The quantitative estimate of drug-likeness (QED) is 0.113. The third kappa shape index (κ3) is 7.72. The lowest BCUT2D eigenvalue weighted by Gasteiger charge is -2.39. The van der Waals surface area contributed by atoms with Crippen LogP contribution >= 0.6 is 0 Å². The molecule has 308 valence electrons. The van der Waals surface area contributed by atoms with Crippen molar-refractivity contribution < 1.29 is 26.3 Å². The molecule has 0 saturated carbocycles. The number of aryl methyl sites for hydroxylation is 2. The summed E-state index contributed by atoms with van der Waals surface area (Å²) >= 11 is 0. The van der Waals surface area contributed by atoms with E-state index >= 15 is 26.3 Å². The number of halogens is 6. The first-order valence-electron chi connectivity index (χ1n) is 20.5. The Morgan fingerprint density at radius 2 is 0.672 bits per heavy atom. The molecule has 0 N–H and O–H groups in total. The molecule has 61 heavy (non-hydrogen) atoms. The smallest absolute Gasteiger partial charge is 0.310 e. The number of fused-ring (bicyclic) bond motifs is 2. The average Bonchev–Trinajstić information content (AvgIpc) is 3.26. The molecule has 0 bridgehead atoms. The minimum atomic E-state index is -5.76. The molecule has 0 aliphatic rings. The first-order valence-corrected chi connectivity index (χ1v) is 20.5. The van der Waals surface area contributed by atoms with E-state index in [2.05, 4.69) is 13.8 Å². The molecular formula is C53H44F6N2. The van der Waals surface area contributed by atoms with E-state index < -0.39 is 28.9 Å². The average molecular weight is 823 g/mol. The summed E-state index contributed by atoms with van der Waals surface area (Å²) in [6, 6.07) is 51.9. The summed E-state index contributed by atoms with van der Waals surface area (Å²) in [5, 5.41) is 3.63. The topological polar surface area (TPSA) is 6.48 Å². The van der Waals surface area contributed by atoms with Crippen molar-refractivity contribution in [2.75, 3.05) is 9.80 Å². The highest BCUT2D eigenvalue weighted by molar-refractivity contribution is 6.00. The minimum Gasteiger partial charge on any atom is -0.310 e. The van der Waals surface area contributed by atoms with Gasteiger partial charge in [0.05, 0.1) is 11.4 Å². The summed E-state index contributed by atoms with van der Waals surface area (Å²) in [4.78, 5) is 3.74. The van der Waals surface area contributed by atoms with E-state index in [0.717, 1.165) is 94.0 Å². The molecule has 0 saturated heterocycles. The van der Waals surface area contributed by atoms with Crippen molar-refractivity contribution in [2.45, 2.75) is 57.3 Å². The normalized spacial score (nSPS) is 12.2. The molecule has 0 aliphatic heterocycles. The Labute approximate surface area is 352 Å². The Kier molecular flexibility index (Phi) is 11.4. The zero-order valence-corrected chi connectivity index (χ0v) is 33.8. The molecule has 0 unspecified atom stereocenters. The third-order valence-corrected chi connectivity index (χ3v) is 11.4. The van der Waals surface area contributed by atoms with Crippen LogP contribution < -0.4 is 9.80 Å². The zero-order valence-electron chi connectivity index (χ0n) is 33.8. The van der Waals surface area contributed by atoms with Crippen molar-refractivity contribution in [2.24, 2.45) is 0 Å². The molecule has 8 aromatic rings. The zero-order chi connectivity index (χ0) is 42.8. The van der Waals surface area contributed by atoms with Gasteiger partial charge in [-0.25, -0.2) is 0 Å². The van der Waals surface area contributed by atoms with Gasteiger partial charge in [0, 0.05) is 33.5 Å². The van der Waals surface area contributed by atoms with Crippen molar-refractivity contribution in [3.63, 3.8) is 0 Å². The molecule has 8 aromatic carbocycles. The second kappa shape index (κ2) is 16.8. The van der Waals surface area contributed by atoms with Gasteiger partial charge in [0.1, 0.15) is 0 Å². The van der Waals surface area contributed by atoms with Gasteiger partial charge in [-0.1, -0.05) is 148 Å². The van der Waals surface area contributed by atoms with Gasteiger partial charge in [0.25, 0.3) is 0 Å². The Morgan fingerprint density at radius 1 is 0.361 bits per heavy atom. The molecular weight excluding hydrogens is 779 g/mol. The Morgan fingerprint density at radius 3 is 1.00 bits per heavy atom. The summed E-state index contributed by atoms with van der Waals surface area (Å²) < 4.78 is 93.8. The van der Waals surface area contributed by atoms with E-state index in [4.69, 9.17) is 0 Å². The van der Waals surface area contributed by atoms with Gasteiger partial charge in [-0.3, -0.25) is 0 Å². The van der Waals surface area contributed by atoms with Crippen LogP contribution in [-0.2, 0) is 18.3 Å². The first kappa shape index (κ1) is 41.2. The maximum atomic E-state index is 15.6. The predicted molar refractivity (Wildman–Crippen MR) is 238 cm³/mol. The fourth-order valence-electron chi connectivity index (χ4n) is 8.56. The SMILES string of the molecule is CCCc1ccc(N(c2ccc(C(c3ccc(N(c4ccc(CCC)cc4)c4cccc5ccccc45)cc3)(C(F)(F)F)C(F)(F)F)cc2)c2cccc3ccccc23)cc1. The summed E-state index contributed by atoms with van der Waals surface area (Å²) in [6.45, 7) is 4.17. The second-order valence-corrected chi connectivity index (χ2v) is 15.3. The van der Waals surface area contributed by atoms with Gasteiger partial charge < -0.3 is 9.80 Å². The van der Waals surface area contributed by atoms with Gasteiger partial charge in [-0.2, -0.15) is 26.3 Å². The molecule has 0 fully saturated rings. The summed E-state index contributed by atoms with van der Waals surface area (Å²) in [5.41, 5.74) is -0.241. The van der Waals surface area contributed by atoms with Crippen LogP contribution in [0, 0.1) is 0 Å². The highest BCUT2D eigenvalue weighted by Crippen LogP contribution is 2.57. The lowest BCUT2D eigenvalue weighted by atomic mass is 9.72. The fraction of sp³-hybridized carbons (Fsp3) is 0.170. The molecule has 0 heterocycles. The van der Waals surface area contributed by atoms with Crippen LogP contribution in [0.2, 0.25) is 0 Å². The number of hydrogen-bond acceptors (Lipinski definition) is 2. The highest BCUT2D eigenvalue weighted by atomic mass is 19.4. The van der Waals surface area contributed by atoms with E-state index in [1.165, 1.54) is 24.3 Å². The molecule has 0 spiro atoms. The van der Waals surface area contributed by atoms with Gasteiger partial charge in [-0.15, -0.1) is 0 Å². The number of anilines is 6. The molecule has 0 aromatic heterocycles. The maximum absolute atomic E-state index is 15.6. The van der Waals surface area contributed by atoms with Gasteiger partial charge in [0.15, 0.2) is 0 Å². The van der Waals surface area contributed by atoms with Crippen molar-refractivity contribution in [1.29, 1.82) is 0 Å². The van der Waals surface area contributed by atoms with Gasteiger partial charge in [0.2, 0.25) is 5.41 Å². The summed E-state index contributed by atoms with van der Waals surface area (Å²) in [6.07, 6.45) is -7.88. The van der Waals surface area contributed by atoms with E-state index in [0.29, 0.717) is 22.7 Å². The standard InChI is InChI=1S/C53H44F6N2/c1-3-11-37-21-29-43(30-22-37)60(49-19-9-15-39-13-5-7-17-47(39)49)45-33-25-41(26-34-45)51(52(54,55)56,53(57,58)59)42-27-35-46(36-28-42)61(44-31-23-38(12-4-2)24-32-44)50-20-10-16-40-14-6-8-18-48(40)50/h5-10,13-36H,3-4,11-12H2,1-2H3. The molecule has 8 heteroatoms. The largest absolute Gasteiger partial charge is 0.411 e. The molecule has 0 amide bonds. The van der Waals surface area contributed by atoms with Crippen molar-refractivity contribution in [1.82, 2.24) is 0 Å². The summed E-state index contributed by atoms with van der Waals surface area (Å²) in [5.74, 6) is 0. The van der Waals surface area contributed by atoms with Gasteiger partial charge >= 0.3 is 12.4 Å². The number of hydrogen-bond donors (Lipinski definition) is 0. The molecule has 0 atom stereocenters. The molecule has 8 rings (SSSR count). The lowest BCUT2D eigenvalue weighted by molar-refractivity contribution is -0.288. The van der Waals surface area contributed by atoms with E-state index in [1.54, 1.807) is 0 Å².